The number of anilines is 1. The van der Waals surface area contributed by atoms with E-state index in [1.54, 1.807) is 18.3 Å². The fourth-order valence-corrected chi connectivity index (χ4v) is 3.86. The number of carbonyl (C=O) groups is 2. The van der Waals surface area contributed by atoms with Crippen LogP contribution in [-0.4, -0.2) is 17.0 Å². The zero-order chi connectivity index (χ0) is 15.4. The lowest BCUT2D eigenvalue weighted by Crippen LogP contribution is -2.13. The van der Waals surface area contributed by atoms with E-state index in [0.29, 0.717) is 11.4 Å². The number of aromatic carboxylic acids is 1. The van der Waals surface area contributed by atoms with Crippen molar-refractivity contribution in [2.45, 2.75) is 33.1 Å². The summed E-state index contributed by atoms with van der Waals surface area (Å²) >= 11 is 3.00. The highest BCUT2D eigenvalue weighted by Crippen LogP contribution is 2.32. The lowest BCUT2D eigenvalue weighted by molar-refractivity contribution is -0.116. The molecule has 2 heterocycles. The molecule has 0 radical (unpaired) electrons. The van der Waals surface area contributed by atoms with Gasteiger partial charge in [-0.2, -0.15) is 0 Å². The molecule has 2 rings (SSSR count). The molecular formula is C15H17NO3S2. The molecule has 0 unspecified atom stereocenters. The van der Waals surface area contributed by atoms with Crippen molar-refractivity contribution in [1.82, 2.24) is 0 Å². The van der Waals surface area contributed by atoms with Crippen molar-refractivity contribution >= 4 is 39.6 Å². The molecule has 0 aliphatic heterocycles. The average Bonchev–Trinajstić information content (AvgIpc) is 2.99. The van der Waals surface area contributed by atoms with E-state index in [2.05, 4.69) is 11.4 Å². The number of nitrogens with one attached hydrogen (secondary N) is 1. The van der Waals surface area contributed by atoms with E-state index in [1.165, 1.54) is 16.2 Å². The van der Waals surface area contributed by atoms with Crippen molar-refractivity contribution in [3.05, 3.63) is 38.4 Å². The largest absolute Gasteiger partial charge is 0.478 e. The van der Waals surface area contributed by atoms with Crippen LogP contribution in [0.4, 0.5) is 5.00 Å². The molecule has 21 heavy (non-hydrogen) atoms. The SMILES string of the molecule is Cc1sc(NC(=O)CCCc2cccs2)c(C(=O)O)c1C. The Balaban J connectivity index is 1.93. The van der Waals surface area contributed by atoms with E-state index < -0.39 is 5.97 Å². The van der Waals surface area contributed by atoms with Gasteiger partial charge in [-0.25, -0.2) is 4.79 Å². The van der Waals surface area contributed by atoms with Gasteiger partial charge in [0, 0.05) is 16.2 Å². The highest BCUT2D eigenvalue weighted by molar-refractivity contribution is 7.16. The van der Waals surface area contributed by atoms with Gasteiger partial charge in [0.1, 0.15) is 5.00 Å². The lowest BCUT2D eigenvalue weighted by atomic mass is 10.1. The fraction of sp³-hybridized carbons (Fsp3) is 0.333. The van der Waals surface area contributed by atoms with Gasteiger partial charge in [-0.05, 0) is 43.7 Å². The second kappa shape index (κ2) is 6.87. The maximum Gasteiger partial charge on any atom is 0.338 e. The summed E-state index contributed by atoms with van der Waals surface area (Å²) in [6.45, 7) is 3.63. The number of amides is 1. The van der Waals surface area contributed by atoms with E-state index in [4.69, 9.17) is 0 Å². The molecule has 0 aliphatic rings. The van der Waals surface area contributed by atoms with Crippen LogP contribution in [0.2, 0.25) is 0 Å². The first kappa shape index (κ1) is 15.7. The molecule has 6 heteroatoms. The van der Waals surface area contributed by atoms with Crippen molar-refractivity contribution in [2.24, 2.45) is 0 Å². The Morgan fingerprint density at radius 3 is 2.71 bits per heavy atom. The zero-order valence-electron chi connectivity index (χ0n) is 11.9. The van der Waals surface area contributed by atoms with Gasteiger partial charge < -0.3 is 10.4 Å². The summed E-state index contributed by atoms with van der Waals surface area (Å²) in [4.78, 5) is 25.4. The molecule has 0 bridgehead atoms. The van der Waals surface area contributed by atoms with Gasteiger partial charge >= 0.3 is 5.97 Å². The second-order valence-electron chi connectivity index (χ2n) is 4.77. The third-order valence-corrected chi connectivity index (χ3v) is 5.32. The predicted octanol–water partition coefficient (Wildman–Crippen LogP) is 4.09. The molecule has 0 aliphatic carbocycles. The fourth-order valence-electron chi connectivity index (χ4n) is 2.04. The maximum atomic E-state index is 11.9. The van der Waals surface area contributed by atoms with E-state index in [0.717, 1.165) is 23.3 Å². The number of thiophene rings is 2. The van der Waals surface area contributed by atoms with Crippen LogP contribution in [0.3, 0.4) is 0 Å². The van der Waals surface area contributed by atoms with Crippen LogP contribution in [-0.2, 0) is 11.2 Å². The smallest absolute Gasteiger partial charge is 0.338 e. The van der Waals surface area contributed by atoms with Crippen LogP contribution < -0.4 is 5.32 Å². The minimum atomic E-state index is -0.995. The van der Waals surface area contributed by atoms with Crippen LogP contribution in [0.15, 0.2) is 17.5 Å². The summed E-state index contributed by atoms with van der Waals surface area (Å²) in [5.74, 6) is -1.12. The van der Waals surface area contributed by atoms with E-state index in [9.17, 15) is 14.7 Å². The van der Waals surface area contributed by atoms with Crippen LogP contribution in [0.25, 0.3) is 0 Å². The Morgan fingerprint density at radius 1 is 1.33 bits per heavy atom. The molecule has 0 saturated carbocycles. The van der Waals surface area contributed by atoms with Crippen molar-refractivity contribution < 1.29 is 14.7 Å². The van der Waals surface area contributed by atoms with Gasteiger partial charge in [-0.1, -0.05) is 6.07 Å². The Labute approximate surface area is 131 Å². The number of carbonyl (C=O) groups excluding carboxylic acids is 1. The monoisotopic (exact) mass is 323 g/mol. The molecule has 0 spiro atoms. The summed E-state index contributed by atoms with van der Waals surface area (Å²) in [6.07, 6.45) is 2.03. The molecule has 2 aromatic heterocycles. The summed E-state index contributed by atoms with van der Waals surface area (Å²) in [7, 11) is 0. The molecule has 0 atom stereocenters. The van der Waals surface area contributed by atoms with Crippen molar-refractivity contribution in [3.63, 3.8) is 0 Å². The minimum absolute atomic E-state index is 0.129. The Bertz CT molecular complexity index is 644. The Hall–Kier alpha value is -1.66. The first-order chi connectivity index (χ1) is 9.99. The van der Waals surface area contributed by atoms with Gasteiger partial charge in [0.25, 0.3) is 0 Å². The van der Waals surface area contributed by atoms with E-state index >= 15 is 0 Å². The Kier molecular flexibility index (Phi) is 5.14. The van der Waals surface area contributed by atoms with Gasteiger partial charge in [-0.15, -0.1) is 22.7 Å². The highest BCUT2D eigenvalue weighted by Gasteiger charge is 2.20. The second-order valence-corrected chi connectivity index (χ2v) is 7.03. The van der Waals surface area contributed by atoms with Crippen LogP contribution in [0, 0.1) is 13.8 Å². The predicted molar refractivity (Wildman–Crippen MR) is 86.6 cm³/mol. The molecule has 0 aromatic carbocycles. The van der Waals surface area contributed by atoms with Gasteiger partial charge in [-0.3, -0.25) is 4.79 Å². The number of hydrogen-bond acceptors (Lipinski definition) is 4. The Morgan fingerprint density at radius 2 is 2.10 bits per heavy atom. The molecule has 2 aromatic rings. The normalized spacial score (nSPS) is 10.6. The van der Waals surface area contributed by atoms with E-state index in [1.807, 2.05) is 18.4 Å². The number of rotatable bonds is 6. The molecule has 112 valence electrons. The first-order valence-electron chi connectivity index (χ1n) is 6.64. The molecule has 4 nitrogen and oxygen atoms in total. The number of carboxylic acids is 1. The topological polar surface area (TPSA) is 66.4 Å². The maximum absolute atomic E-state index is 11.9. The standard InChI is InChI=1S/C15H17NO3S2/c1-9-10(2)21-14(13(9)15(18)19)16-12(17)7-3-5-11-6-4-8-20-11/h4,6,8H,3,5,7H2,1-2H3,(H,16,17)(H,18,19). The number of carboxylic acid groups (broad SMARTS) is 1. The quantitative estimate of drug-likeness (QED) is 0.841. The first-order valence-corrected chi connectivity index (χ1v) is 8.34. The third kappa shape index (κ3) is 3.92. The number of aryl methyl sites for hydroxylation is 2. The average molecular weight is 323 g/mol. The zero-order valence-corrected chi connectivity index (χ0v) is 13.6. The molecule has 1 amide bonds. The van der Waals surface area contributed by atoms with Crippen LogP contribution >= 0.6 is 22.7 Å². The molecular weight excluding hydrogens is 306 g/mol. The van der Waals surface area contributed by atoms with E-state index in [-0.39, 0.29) is 11.5 Å². The lowest BCUT2D eigenvalue weighted by Gasteiger charge is -2.04. The van der Waals surface area contributed by atoms with Crippen molar-refractivity contribution in [3.8, 4) is 0 Å². The summed E-state index contributed by atoms with van der Waals surface area (Å²) in [5, 5.41) is 14.4. The summed E-state index contributed by atoms with van der Waals surface area (Å²) in [5.41, 5.74) is 0.936. The van der Waals surface area contributed by atoms with Crippen molar-refractivity contribution in [2.75, 3.05) is 5.32 Å². The molecule has 0 fully saturated rings. The molecule has 0 saturated heterocycles. The van der Waals surface area contributed by atoms with Gasteiger partial charge in [0.2, 0.25) is 5.91 Å². The van der Waals surface area contributed by atoms with Gasteiger partial charge in [0.15, 0.2) is 0 Å². The third-order valence-electron chi connectivity index (χ3n) is 3.26. The summed E-state index contributed by atoms with van der Waals surface area (Å²) in [6, 6.07) is 4.05. The van der Waals surface area contributed by atoms with Crippen LogP contribution in [0.1, 0.15) is 38.5 Å². The molecule has 2 N–H and O–H groups in total. The van der Waals surface area contributed by atoms with Crippen LogP contribution in [0.5, 0.6) is 0 Å². The van der Waals surface area contributed by atoms with Crippen molar-refractivity contribution in [1.29, 1.82) is 0 Å². The summed E-state index contributed by atoms with van der Waals surface area (Å²) < 4.78 is 0. The van der Waals surface area contributed by atoms with Gasteiger partial charge in [0.05, 0.1) is 5.56 Å². The minimum Gasteiger partial charge on any atom is -0.478 e. The number of hydrogen-bond donors (Lipinski definition) is 2. The highest BCUT2D eigenvalue weighted by atomic mass is 32.1.